The molecule has 1 aliphatic heterocycles. The van der Waals surface area contributed by atoms with Crippen LogP contribution in [-0.4, -0.2) is 37.1 Å². The molecule has 1 fully saturated rings. The first kappa shape index (κ1) is 8.82. The number of allylic oxidation sites excluding steroid dienone is 1. The van der Waals surface area contributed by atoms with Crippen molar-refractivity contribution in [2.75, 3.05) is 26.3 Å². The van der Waals surface area contributed by atoms with Gasteiger partial charge in [-0.05, 0) is 6.08 Å². The molecule has 1 heterocycles. The fraction of sp³-hybridized carbons (Fsp3) is 0.444. The molecule has 0 unspecified atom stereocenters. The lowest BCUT2D eigenvalue weighted by Gasteiger charge is -2.25. The van der Waals surface area contributed by atoms with Gasteiger partial charge in [-0.2, -0.15) is 0 Å². The second kappa shape index (κ2) is 4.58. The van der Waals surface area contributed by atoms with Crippen molar-refractivity contribution in [3.8, 4) is 12.3 Å². The van der Waals surface area contributed by atoms with E-state index in [4.69, 9.17) is 11.2 Å². The minimum atomic E-state index is -0.0312. The second-order valence-electron chi connectivity index (χ2n) is 2.44. The summed E-state index contributed by atoms with van der Waals surface area (Å²) in [7, 11) is 0. The Morgan fingerprint density at radius 1 is 1.50 bits per heavy atom. The first-order valence-electron chi connectivity index (χ1n) is 3.84. The molecule has 0 radical (unpaired) electrons. The van der Waals surface area contributed by atoms with Gasteiger partial charge < -0.3 is 9.64 Å². The average molecular weight is 165 g/mol. The molecule has 12 heavy (non-hydrogen) atoms. The molecule has 0 N–H and O–H groups in total. The molecule has 3 nitrogen and oxygen atoms in total. The second-order valence-corrected chi connectivity index (χ2v) is 2.44. The molecule has 1 rings (SSSR count). The van der Waals surface area contributed by atoms with Gasteiger partial charge in [0.05, 0.1) is 13.2 Å². The van der Waals surface area contributed by atoms with Crippen LogP contribution < -0.4 is 0 Å². The first-order chi connectivity index (χ1) is 5.84. The van der Waals surface area contributed by atoms with Crippen LogP contribution in [0.1, 0.15) is 0 Å². The summed E-state index contributed by atoms with van der Waals surface area (Å²) in [6.45, 7) is 2.56. The van der Waals surface area contributed by atoms with Crippen LogP contribution in [-0.2, 0) is 9.53 Å². The van der Waals surface area contributed by atoms with Crippen LogP contribution >= 0.6 is 0 Å². The molecular formula is C9H11NO2. The number of hydrogen-bond acceptors (Lipinski definition) is 2. The molecule has 64 valence electrons. The number of hydrogen-bond donors (Lipinski definition) is 0. The van der Waals surface area contributed by atoms with E-state index >= 15 is 0 Å². The van der Waals surface area contributed by atoms with E-state index in [0.717, 1.165) is 0 Å². The number of morpholine rings is 1. The van der Waals surface area contributed by atoms with Gasteiger partial charge in [-0.1, -0.05) is 5.92 Å². The van der Waals surface area contributed by atoms with Gasteiger partial charge in [0.15, 0.2) is 0 Å². The maximum absolute atomic E-state index is 11.2. The third kappa shape index (κ3) is 2.40. The summed E-state index contributed by atoms with van der Waals surface area (Å²) < 4.78 is 5.10. The minimum Gasteiger partial charge on any atom is -0.378 e. The van der Waals surface area contributed by atoms with Crippen LogP contribution in [0.3, 0.4) is 0 Å². The van der Waals surface area contributed by atoms with Gasteiger partial charge in [0.1, 0.15) is 0 Å². The number of carbonyl (C=O) groups is 1. The van der Waals surface area contributed by atoms with Gasteiger partial charge in [0.25, 0.3) is 0 Å². The van der Waals surface area contributed by atoms with Crippen molar-refractivity contribution in [2.45, 2.75) is 0 Å². The SMILES string of the molecule is C#C/C=C\C(=O)N1CCOCC1. The van der Waals surface area contributed by atoms with Gasteiger partial charge >= 0.3 is 0 Å². The largest absolute Gasteiger partial charge is 0.378 e. The Labute approximate surface area is 72.0 Å². The summed E-state index contributed by atoms with van der Waals surface area (Å²) in [5.74, 6) is 2.25. The molecule has 1 aliphatic rings. The summed E-state index contributed by atoms with van der Waals surface area (Å²) in [5, 5.41) is 0. The molecular weight excluding hydrogens is 154 g/mol. The Kier molecular flexibility index (Phi) is 3.36. The van der Waals surface area contributed by atoms with Gasteiger partial charge in [0, 0.05) is 19.2 Å². The minimum absolute atomic E-state index is 0.0312. The quantitative estimate of drug-likeness (QED) is 0.405. The molecule has 0 aromatic rings. The van der Waals surface area contributed by atoms with Gasteiger partial charge in [-0.15, -0.1) is 6.42 Å². The highest BCUT2D eigenvalue weighted by molar-refractivity contribution is 5.88. The highest BCUT2D eigenvalue weighted by Gasteiger charge is 2.13. The van der Waals surface area contributed by atoms with Crippen molar-refractivity contribution >= 4 is 5.91 Å². The first-order valence-corrected chi connectivity index (χ1v) is 3.84. The van der Waals surface area contributed by atoms with Gasteiger partial charge in [-0.3, -0.25) is 4.79 Å². The third-order valence-corrected chi connectivity index (χ3v) is 1.64. The molecule has 0 atom stereocenters. The Morgan fingerprint density at radius 2 is 2.17 bits per heavy atom. The van der Waals surface area contributed by atoms with E-state index in [1.165, 1.54) is 12.2 Å². The fourth-order valence-corrected chi connectivity index (χ4v) is 1.01. The lowest BCUT2D eigenvalue weighted by atomic mass is 10.4. The van der Waals surface area contributed by atoms with Crippen molar-refractivity contribution in [3.05, 3.63) is 12.2 Å². The average Bonchev–Trinajstić information content (AvgIpc) is 2.15. The van der Waals surface area contributed by atoms with Crippen LogP contribution in [0.5, 0.6) is 0 Å². The Morgan fingerprint density at radius 3 is 2.75 bits per heavy atom. The maximum atomic E-state index is 11.2. The lowest BCUT2D eigenvalue weighted by Crippen LogP contribution is -2.39. The topological polar surface area (TPSA) is 29.5 Å². The lowest BCUT2D eigenvalue weighted by molar-refractivity contribution is -0.129. The maximum Gasteiger partial charge on any atom is 0.247 e. The molecule has 1 saturated heterocycles. The zero-order chi connectivity index (χ0) is 8.81. The predicted molar refractivity (Wildman–Crippen MR) is 45.4 cm³/mol. The van der Waals surface area contributed by atoms with Crippen LogP contribution in [0.2, 0.25) is 0 Å². The van der Waals surface area contributed by atoms with Crippen molar-refractivity contribution in [1.29, 1.82) is 0 Å². The summed E-state index contributed by atoms with van der Waals surface area (Å²) in [4.78, 5) is 13.0. The number of nitrogens with zero attached hydrogens (tertiary/aromatic N) is 1. The number of amides is 1. The standard InChI is InChI=1S/C9H11NO2/c1-2-3-4-9(11)10-5-7-12-8-6-10/h1,3-4H,5-8H2/b4-3-. The molecule has 0 aromatic carbocycles. The molecule has 0 bridgehead atoms. The Bertz CT molecular complexity index is 221. The van der Waals surface area contributed by atoms with Crippen molar-refractivity contribution in [1.82, 2.24) is 4.90 Å². The monoisotopic (exact) mass is 165 g/mol. The van der Waals surface area contributed by atoms with Crippen LogP contribution in [0.15, 0.2) is 12.2 Å². The predicted octanol–water partition coefficient (Wildman–Crippen LogP) is 0.0346. The smallest absolute Gasteiger partial charge is 0.247 e. The number of carbonyl (C=O) groups excluding carboxylic acids is 1. The summed E-state index contributed by atoms with van der Waals surface area (Å²) >= 11 is 0. The van der Waals surface area contributed by atoms with Gasteiger partial charge in [0.2, 0.25) is 5.91 Å². The zero-order valence-corrected chi connectivity index (χ0v) is 6.82. The third-order valence-electron chi connectivity index (χ3n) is 1.64. The van der Waals surface area contributed by atoms with E-state index in [-0.39, 0.29) is 5.91 Å². The Balaban J connectivity index is 2.41. The normalized spacial score (nSPS) is 17.8. The van der Waals surface area contributed by atoms with E-state index in [2.05, 4.69) is 5.92 Å². The molecule has 0 saturated carbocycles. The fourth-order valence-electron chi connectivity index (χ4n) is 1.01. The van der Waals surface area contributed by atoms with E-state index in [9.17, 15) is 4.79 Å². The van der Waals surface area contributed by atoms with Crippen molar-refractivity contribution < 1.29 is 9.53 Å². The molecule has 1 amide bonds. The number of ether oxygens (including phenoxy) is 1. The van der Waals surface area contributed by atoms with Gasteiger partial charge in [-0.25, -0.2) is 0 Å². The molecule has 0 spiro atoms. The van der Waals surface area contributed by atoms with Crippen molar-refractivity contribution in [3.63, 3.8) is 0 Å². The van der Waals surface area contributed by atoms with Crippen LogP contribution in [0, 0.1) is 12.3 Å². The summed E-state index contributed by atoms with van der Waals surface area (Å²) in [5.41, 5.74) is 0. The zero-order valence-electron chi connectivity index (χ0n) is 6.82. The number of terminal acetylenes is 1. The number of rotatable bonds is 1. The highest BCUT2D eigenvalue weighted by atomic mass is 16.5. The molecule has 3 heteroatoms. The van der Waals surface area contributed by atoms with E-state index in [0.29, 0.717) is 26.3 Å². The van der Waals surface area contributed by atoms with Crippen LogP contribution in [0.25, 0.3) is 0 Å². The Hall–Kier alpha value is -1.27. The van der Waals surface area contributed by atoms with Crippen molar-refractivity contribution in [2.24, 2.45) is 0 Å². The summed E-state index contributed by atoms with van der Waals surface area (Å²) in [6, 6.07) is 0. The highest BCUT2D eigenvalue weighted by Crippen LogP contribution is 1.97. The molecule has 0 aliphatic carbocycles. The van der Waals surface area contributed by atoms with E-state index in [1.807, 2.05) is 0 Å². The van der Waals surface area contributed by atoms with Crippen LogP contribution in [0.4, 0.5) is 0 Å². The summed E-state index contributed by atoms with van der Waals surface area (Å²) in [6.07, 6.45) is 7.80. The molecule has 0 aromatic heterocycles. The van der Waals surface area contributed by atoms with E-state index in [1.54, 1.807) is 4.90 Å². The van der Waals surface area contributed by atoms with E-state index < -0.39 is 0 Å².